The molecule has 2 rings (SSSR count). The molecule has 132 valence electrons. The van der Waals surface area contributed by atoms with Crippen LogP contribution in [0.1, 0.15) is 15.9 Å². The number of esters is 1. The Hall–Kier alpha value is -2.08. The smallest absolute Gasteiger partial charge is 0.337 e. The Balaban J connectivity index is 1.91. The Bertz CT molecular complexity index is 763. The number of likely N-dealkylation sites (N-methyl/N-ethyl adjacent to an activating group) is 1. The summed E-state index contributed by atoms with van der Waals surface area (Å²) in [6, 6.07) is 11.9. The molecule has 0 aliphatic heterocycles. The van der Waals surface area contributed by atoms with Crippen LogP contribution >= 0.6 is 23.2 Å². The molecule has 0 aliphatic carbocycles. The van der Waals surface area contributed by atoms with Crippen molar-refractivity contribution in [1.82, 2.24) is 4.90 Å². The van der Waals surface area contributed by atoms with E-state index in [0.717, 1.165) is 5.56 Å². The normalized spacial score (nSPS) is 10.6. The number of rotatable bonds is 6. The van der Waals surface area contributed by atoms with E-state index in [2.05, 4.69) is 10.1 Å². The molecule has 0 heterocycles. The zero-order valence-corrected chi connectivity index (χ0v) is 15.4. The van der Waals surface area contributed by atoms with E-state index in [4.69, 9.17) is 23.2 Å². The SMILES string of the molecule is COC(=O)c1ccc(NC(=O)CN(C)Cc2cccc(Cl)c2Cl)cc1. The van der Waals surface area contributed by atoms with Crippen molar-refractivity contribution in [3.63, 3.8) is 0 Å². The number of hydrogen-bond acceptors (Lipinski definition) is 4. The second-order valence-corrected chi connectivity index (χ2v) is 6.29. The summed E-state index contributed by atoms with van der Waals surface area (Å²) < 4.78 is 4.63. The Kier molecular flexibility index (Phi) is 6.82. The van der Waals surface area contributed by atoms with Gasteiger partial charge in [0, 0.05) is 12.2 Å². The van der Waals surface area contributed by atoms with E-state index >= 15 is 0 Å². The summed E-state index contributed by atoms with van der Waals surface area (Å²) in [5.74, 6) is -0.595. The van der Waals surface area contributed by atoms with Crippen LogP contribution in [-0.2, 0) is 16.1 Å². The third-order valence-electron chi connectivity index (χ3n) is 3.48. The molecule has 2 aromatic carbocycles. The number of hydrogen-bond donors (Lipinski definition) is 1. The van der Waals surface area contributed by atoms with Crippen LogP contribution in [0.2, 0.25) is 10.0 Å². The van der Waals surface area contributed by atoms with E-state index in [1.54, 1.807) is 30.3 Å². The van der Waals surface area contributed by atoms with Crippen molar-refractivity contribution in [2.45, 2.75) is 6.54 Å². The van der Waals surface area contributed by atoms with Gasteiger partial charge in [-0.3, -0.25) is 9.69 Å². The summed E-state index contributed by atoms with van der Waals surface area (Å²) in [7, 11) is 3.14. The first kappa shape index (κ1) is 19.2. The molecule has 0 unspecified atom stereocenters. The number of amides is 1. The van der Waals surface area contributed by atoms with E-state index < -0.39 is 5.97 Å². The molecule has 0 spiro atoms. The van der Waals surface area contributed by atoms with Gasteiger partial charge in [-0.2, -0.15) is 0 Å². The minimum absolute atomic E-state index is 0.175. The number of benzene rings is 2. The number of ether oxygens (including phenoxy) is 1. The van der Waals surface area contributed by atoms with Gasteiger partial charge in [-0.05, 0) is 42.9 Å². The lowest BCUT2D eigenvalue weighted by Crippen LogP contribution is -2.29. The van der Waals surface area contributed by atoms with Crippen LogP contribution in [0, 0.1) is 0 Å². The summed E-state index contributed by atoms with van der Waals surface area (Å²) in [5, 5.41) is 3.76. The molecule has 0 aliphatic rings. The molecule has 0 saturated heterocycles. The maximum Gasteiger partial charge on any atom is 0.337 e. The molecule has 2 aromatic rings. The van der Waals surface area contributed by atoms with E-state index in [1.165, 1.54) is 7.11 Å². The van der Waals surface area contributed by atoms with Crippen LogP contribution < -0.4 is 5.32 Å². The van der Waals surface area contributed by atoms with E-state index in [9.17, 15) is 9.59 Å². The quantitative estimate of drug-likeness (QED) is 0.773. The van der Waals surface area contributed by atoms with Crippen LogP contribution in [-0.4, -0.2) is 37.5 Å². The summed E-state index contributed by atoms with van der Waals surface area (Å²) in [5.41, 5.74) is 1.88. The third-order valence-corrected chi connectivity index (χ3v) is 4.33. The van der Waals surface area contributed by atoms with Gasteiger partial charge in [0.2, 0.25) is 5.91 Å². The fraction of sp³-hybridized carbons (Fsp3) is 0.222. The fourth-order valence-corrected chi connectivity index (χ4v) is 2.65. The topological polar surface area (TPSA) is 58.6 Å². The molecule has 0 saturated carbocycles. The zero-order valence-electron chi connectivity index (χ0n) is 13.9. The van der Waals surface area contributed by atoms with Gasteiger partial charge in [-0.25, -0.2) is 4.79 Å². The average molecular weight is 381 g/mol. The van der Waals surface area contributed by atoms with Gasteiger partial charge in [0.05, 0.1) is 29.3 Å². The molecule has 7 heteroatoms. The van der Waals surface area contributed by atoms with Crippen molar-refractivity contribution in [2.75, 3.05) is 26.0 Å². The number of carbonyl (C=O) groups excluding carboxylic acids is 2. The molecule has 5 nitrogen and oxygen atoms in total. The van der Waals surface area contributed by atoms with E-state index in [0.29, 0.717) is 27.8 Å². The first-order valence-corrected chi connectivity index (χ1v) is 8.26. The summed E-state index contributed by atoms with van der Waals surface area (Å²) in [6.45, 7) is 0.676. The van der Waals surface area contributed by atoms with Crippen molar-refractivity contribution >= 4 is 40.8 Å². The zero-order chi connectivity index (χ0) is 18.4. The van der Waals surface area contributed by atoms with Crippen LogP contribution in [0.25, 0.3) is 0 Å². The van der Waals surface area contributed by atoms with Gasteiger partial charge in [-0.15, -0.1) is 0 Å². The Morgan fingerprint density at radius 3 is 2.44 bits per heavy atom. The molecule has 0 fully saturated rings. The maximum absolute atomic E-state index is 12.1. The van der Waals surface area contributed by atoms with Crippen molar-refractivity contribution in [1.29, 1.82) is 0 Å². The fourth-order valence-electron chi connectivity index (χ4n) is 2.27. The highest BCUT2D eigenvalue weighted by Crippen LogP contribution is 2.26. The van der Waals surface area contributed by atoms with Gasteiger partial charge in [0.1, 0.15) is 0 Å². The summed E-state index contributed by atoms with van der Waals surface area (Å²) in [4.78, 5) is 25.3. The van der Waals surface area contributed by atoms with E-state index in [-0.39, 0.29) is 12.5 Å². The highest BCUT2D eigenvalue weighted by atomic mass is 35.5. The summed E-state index contributed by atoms with van der Waals surface area (Å²) >= 11 is 12.2. The highest BCUT2D eigenvalue weighted by molar-refractivity contribution is 6.42. The molecular formula is C18H18Cl2N2O3. The van der Waals surface area contributed by atoms with Crippen LogP contribution in [0.15, 0.2) is 42.5 Å². The van der Waals surface area contributed by atoms with Crippen molar-refractivity contribution in [3.8, 4) is 0 Å². The van der Waals surface area contributed by atoms with E-state index in [1.807, 2.05) is 24.1 Å². The molecule has 0 atom stereocenters. The third kappa shape index (κ3) is 5.46. The molecule has 0 radical (unpaired) electrons. The predicted octanol–water partition coefficient (Wildman–Crippen LogP) is 3.85. The van der Waals surface area contributed by atoms with Crippen molar-refractivity contribution < 1.29 is 14.3 Å². The van der Waals surface area contributed by atoms with Crippen LogP contribution in [0.5, 0.6) is 0 Å². The molecular weight excluding hydrogens is 363 g/mol. The van der Waals surface area contributed by atoms with Gasteiger partial charge in [-0.1, -0.05) is 35.3 Å². The summed E-state index contributed by atoms with van der Waals surface area (Å²) in [6.07, 6.45) is 0. The molecule has 1 amide bonds. The second-order valence-electron chi connectivity index (χ2n) is 5.50. The monoisotopic (exact) mass is 380 g/mol. The lowest BCUT2D eigenvalue weighted by Gasteiger charge is -2.17. The Morgan fingerprint density at radius 2 is 1.80 bits per heavy atom. The van der Waals surface area contributed by atoms with Gasteiger partial charge >= 0.3 is 5.97 Å². The lowest BCUT2D eigenvalue weighted by molar-refractivity contribution is -0.117. The Morgan fingerprint density at radius 1 is 1.12 bits per heavy atom. The first-order valence-electron chi connectivity index (χ1n) is 7.50. The predicted molar refractivity (Wildman–Crippen MR) is 99.2 cm³/mol. The minimum atomic E-state index is -0.420. The maximum atomic E-state index is 12.1. The minimum Gasteiger partial charge on any atom is -0.465 e. The molecule has 0 aromatic heterocycles. The molecule has 25 heavy (non-hydrogen) atoms. The first-order chi connectivity index (χ1) is 11.9. The largest absolute Gasteiger partial charge is 0.465 e. The number of halogens is 2. The van der Waals surface area contributed by atoms with Gasteiger partial charge < -0.3 is 10.1 Å². The van der Waals surface area contributed by atoms with Crippen molar-refractivity contribution in [2.24, 2.45) is 0 Å². The van der Waals surface area contributed by atoms with Crippen molar-refractivity contribution in [3.05, 3.63) is 63.6 Å². The molecule has 1 N–H and O–H groups in total. The number of nitrogens with zero attached hydrogens (tertiary/aromatic N) is 1. The number of methoxy groups -OCH3 is 1. The average Bonchev–Trinajstić information content (AvgIpc) is 2.58. The van der Waals surface area contributed by atoms with Crippen LogP contribution in [0.4, 0.5) is 5.69 Å². The molecule has 0 bridgehead atoms. The standard InChI is InChI=1S/C18H18Cl2N2O3/c1-22(10-13-4-3-5-15(19)17(13)20)11-16(23)21-14-8-6-12(7-9-14)18(24)25-2/h3-9H,10-11H2,1-2H3,(H,21,23). The second kappa shape index (κ2) is 8.85. The van der Waals surface area contributed by atoms with Crippen LogP contribution in [0.3, 0.4) is 0 Å². The van der Waals surface area contributed by atoms with Gasteiger partial charge in [0.25, 0.3) is 0 Å². The lowest BCUT2D eigenvalue weighted by atomic mass is 10.2. The Labute approximate surface area is 156 Å². The highest BCUT2D eigenvalue weighted by Gasteiger charge is 2.11. The number of carbonyl (C=O) groups is 2. The number of nitrogens with one attached hydrogen (secondary N) is 1. The number of anilines is 1. The van der Waals surface area contributed by atoms with Gasteiger partial charge in [0.15, 0.2) is 0 Å².